The smallest absolute Gasteiger partial charge is 0.191 e. The largest absolute Gasteiger partial charge is 0.362 e. The van der Waals surface area contributed by atoms with Crippen molar-refractivity contribution >= 4 is 40.0 Å². The van der Waals surface area contributed by atoms with Gasteiger partial charge < -0.3 is 14.4 Å². The molecule has 0 amide bonds. The molecule has 2 aromatic heterocycles. The molecule has 0 radical (unpaired) electrons. The number of thioether (sulfide) groups is 1. The van der Waals surface area contributed by atoms with Gasteiger partial charge in [-0.2, -0.15) is 5.10 Å². The fraction of sp³-hybridized carbons (Fsp3) is 0.500. The molecular weight excluding hydrogens is 559 g/mol. The lowest BCUT2D eigenvalue weighted by molar-refractivity contribution is 0.318. The number of hydrogen-bond acceptors (Lipinski definition) is 6. The second-order valence-corrected chi connectivity index (χ2v) is 10.3. The summed E-state index contributed by atoms with van der Waals surface area (Å²) in [4.78, 5) is 4.38. The fourth-order valence-electron chi connectivity index (χ4n) is 5.01. The molecule has 2 aliphatic rings. The van der Waals surface area contributed by atoms with Crippen LogP contribution in [0.2, 0.25) is 0 Å². The number of fused-ring (bicyclic) bond motifs is 1. The van der Waals surface area contributed by atoms with Crippen LogP contribution in [0.1, 0.15) is 12.8 Å². The first-order valence-electron chi connectivity index (χ1n) is 11.1. The second kappa shape index (κ2) is 9.87. The average Bonchev–Trinajstić information content (AvgIpc) is 3.56. The van der Waals surface area contributed by atoms with E-state index in [2.05, 4.69) is 42.8 Å². The molecule has 0 aliphatic carbocycles. The van der Waals surface area contributed by atoms with Gasteiger partial charge in [-0.25, -0.2) is 8.78 Å². The normalized spacial score (nSPS) is 20.7. The van der Waals surface area contributed by atoms with Crippen molar-refractivity contribution in [2.24, 2.45) is 13.0 Å². The number of benzene rings is 1. The van der Waals surface area contributed by atoms with Gasteiger partial charge in [0, 0.05) is 44.7 Å². The Morgan fingerprint density at radius 2 is 1.97 bits per heavy atom. The molecule has 0 saturated carbocycles. The van der Waals surface area contributed by atoms with E-state index in [4.69, 9.17) is 0 Å². The molecule has 2 atom stereocenters. The van der Waals surface area contributed by atoms with E-state index in [0.29, 0.717) is 5.92 Å². The van der Waals surface area contributed by atoms with E-state index < -0.39 is 11.6 Å². The highest BCUT2D eigenvalue weighted by Gasteiger charge is 2.42. The Hall–Kier alpha value is -1.73. The number of para-hydroxylation sites is 1. The Bertz CT molecular complexity index is 1100. The standard InChI is InChI=1S/C22H26F2IN7S/c1-29-21(18-6-8-26-32(18)14-25)27-28-22(29)33-11-3-9-30-12-15-7-10-31(19(15)13-30)20-16(23)4-2-5-17(20)24/h2,4-6,8,15,19H,3,7,9-14H2,1H3. The van der Waals surface area contributed by atoms with E-state index in [9.17, 15) is 8.78 Å². The fourth-order valence-corrected chi connectivity index (χ4v) is 6.38. The van der Waals surface area contributed by atoms with Crippen molar-refractivity contribution < 1.29 is 8.78 Å². The molecule has 2 saturated heterocycles. The Labute approximate surface area is 209 Å². The van der Waals surface area contributed by atoms with Gasteiger partial charge in [-0.3, -0.25) is 4.68 Å². The number of anilines is 1. The third-order valence-electron chi connectivity index (χ3n) is 6.59. The Morgan fingerprint density at radius 1 is 1.15 bits per heavy atom. The van der Waals surface area contributed by atoms with Crippen molar-refractivity contribution in [3.63, 3.8) is 0 Å². The summed E-state index contributed by atoms with van der Waals surface area (Å²) in [7, 11) is 1.99. The number of nitrogens with zero attached hydrogens (tertiary/aromatic N) is 7. The summed E-state index contributed by atoms with van der Waals surface area (Å²) >= 11 is 3.98. The molecule has 5 rings (SSSR count). The summed E-state index contributed by atoms with van der Waals surface area (Å²) in [6.45, 7) is 3.55. The lowest BCUT2D eigenvalue weighted by Gasteiger charge is -2.27. The zero-order chi connectivity index (χ0) is 22.9. The molecule has 1 aromatic carbocycles. The number of alkyl halides is 1. The number of aromatic nitrogens is 5. The number of rotatable bonds is 8. The molecule has 2 aliphatic heterocycles. The quantitative estimate of drug-likeness (QED) is 0.172. The third-order valence-corrected chi connectivity index (χ3v) is 8.34. The van der Waals surface area contributed by atoms with E-state index >= 15 is 0 Å². The molecule has 0 bridgehead atoms. The SMILES string of the molecule is Cn1c(SCCCN2CC3CCN(c4c(F)cccc4F)C3C2)nnc1-c1ccnn1CI. The molecule has 2 fully saturated rings. The van der Waals surface area contributed by atoms with Gasteiger partial charge in [-0.05, 0) is 43.5 Å². The zero-order valence-electron chi connectivity index (χ0n) is 18.4. The Morgan fingerprint density at radius 3 is 2.76 bits per heavy atom. The summed E-state index contributed by atoms with van der Waals surface area (Å²) in [5.41, 5.74) is 1.11. The molecule has 7 nitrogen and oxygen atoms in total. The summed E-state index contributed by atoms with van der Waals surface area (Å²) in [6.07, 6.45) is 3.79. The minimum atomic E-state index is -0.463. The summed E-state index contributed by atoms with van der Waals surface area (Å²) < 4.78 is 33.3. The van der Waals surface area contributed by atoms with Crippen LogP contribution in [-0.4, -0.2) is 67.4 Å². The van der Waals surface area contributed by atoms with Crippen LogP contribution in [0.3, 0.4) is 0 Å². The molecule has 3 aromatic rings. The Balaban J connectivity index is 1.14. The minimum absolute atomic E-state index is 0.143. The highest BCUT2D eigenvalue weighted by Crippen LogP contribution is 2.37. The van der Waals surface area contributed by atoms with Crippen LogP contribution in [0.5, 0.6) is 0 Å². The molecule has 0 spiro atoms. The predicted octanol–water partition coefficient (Wildman–Crippen LogP) is 4.04. The van der Waals surface area contributed by atoms with Crippen molar-refractivity contribution in [2.75, 3.05) is 36.8 Å². The molecule has 0 N–H and O–H groups in total. The van der Waals surface area contributed by atoms with E-state index in [1.54, 1.807) is 18.0 Å². The van der Waals surface area contributed by atoms with Crippen molar-refractivity contribution in [1.82, 2.24) is 29.4 Å². The number of likely N-dealkylation sites (tertiary alicyclic amines) is 1. The van der Waals surface area contributed by atoms with Crippen LogP contribution in [0.4, 0.5) is 14.5 Å². The summed E-state index contributed by atoms with van der Waals surface area (Å²) in [5, 5.41) is 13.9. The van der Waals surface area contributed by atoms with Crippen LogP contribution < -0.4 is 4.90 Å². The Kier molecular flexibility index (Phi) is 6.89. The van der Waals surface area contributed by atoms with Crippen molar-refractivity contribution in [1.29, 1.82) is 0 Å². The summed E-state index contributed by atoms with van der Waals surface area (Å²) in [5.74, 6) is 1.31. The van der Waals surface area contributed by atoms with Crippen LogP contribution in [0.25, 0.3) is 11.5 Å². The van der Waals surface area contributed by atoms with Gasteiger partial charge in [-0.15, -0.1) is 10.2 Å². The summed E-state index contributed by atoms with van der Waals surface area (Å²) in [6, 6.07) is 6.27. The topological polar surface area (TPSA) is 55.0 Å². The van der Waals surface area contributed by atoms with Gasteiger partial charge in [0.05, 0.1) is 4.55 Å². The van der Waals surface area contributed by atoms with Crippen LogP contribution in [-0.2, 0) is 11.6 Å². The lowest BCUT2D eigenvalue weighted by Crippen LogP contribution is -2.36. The van der Waals surface area contributed by atoms with Crippen molar-refractivity contribution in [3.05, 3.63) is 42.1 Å². The second-order valence-electron chi connectivity index (χ2n) is 8.54. The van der Waals surface area contributed by atoms with E-state index in [1.807, 2.05) is 27.3 Å². The van der Waals surface area contributed by atoms with Crippen LogP contribution in [0.15, 0.2) is 35.6 Å². The van der Waals surface area contributed by atoms with Gasteiger partial charge in [0.15, 0.2) is 11.0 Å². The van der Waals surface area contributed by atoms with Gasteiger partial charge in [0.2, 0.25) is 0 Å². The highest BCUT2D eigenvalue weighted by atomic mass is 127. The molecule has 4 heterocycles. The maximum absolute atomic E-state index is 14.3. The predicted molar refractivity (Wildman–Crippen MR) is 134 cm³/mol. The lowest BCUT2D eigenvalue weighted by atomic mass is 10.0. The molecule has 33 heavy (non-hydrogen) atoms. The molecule has 176 valence electrons. The highest BCUT2D eigenvalue weighted by molar-refractivity contribution is 14.1. The molecule has 2 unspecified atom stereocenters. The maximum atomic E-state index is 14.3. The third kappa shape index (κ3) is 4.51. The number of halogens is 3. The zero-order valence-corrected chi connectivity index (χ0v) is 21.3. The molecular formula is C22H26F2IN7S. The van der Waals surface area contributed by atoms with E-state index in [1.165, 1.54) is 18.2 Å². The van der Waals surface area contributed by atoms with Crippen LogP contribution >= 0.6 is 34.4 Å². The first-order chi connectivity index (χ1) is 16.1. The van der Waals surface area contributed by atoms with E-state index in [-0.39, 0.29) is 11.7 Å². The van der Waals surface area contributed by atoms with Crippen molar-refractivity contribution in [2.45, 2.75) is 28.6 Å². The van der Waals surface area contributed by atoms with Gasteiger partial charge >= 0.3 is 0 Å². The van der Waals surface area contributed by atoms with Gasteiger partial charge in [-0.1, -0.05) is 40.4 Å². The van der Waals surface area contributed by atoms with Gasteiger partial charge in [0.25, 0.3) is 0 Å². The first-order valence-corrected chi connectivity index (χ1v) is 13.6. The minimum Gasteiger partial charge on any atom is -0.362 e. The monoisotopic (exact) mass is 585 g/mol. The number of hydrogen-bond donors (Lipinski definition) is 0. The van der Waals surface area contributed by atoms with E-state index in [0.717, 1.165) is 66.0 Å². The molecule has 11 heteroatoms. The average molecular weight is 585 g/mol. The first kappa shape index (κ1) is 23.0. The van der Waals surface area contributed by atoms with Gasteiger partial charge in [0.1, 0.15) is 23.0 Å². The maximum Gasteiger partial charge on any atom is 0.191 e. The van der Waals surface area contributed by atoms with Crippen molar-refractivity contribution in [3.8, 4) is 11.5 Å². The van der Waals surface area contributed by atoms with Crippen LogP contribution in [0, 0.1) is 17.6 Å².